The zero-order valence-electron chi connectivity index (χ0n) is 9.85. The molecule has 0 spiro atoms. The summed E-state index contributed by atoms with van der Waals surface area (Å²) in [6, 6.07) is 0.342. The van der Waals surface area contributed by atoms with Gasteiger partial charge in [-0.25, -0.2) is 0 Å². The Labute approximate surface area is 96.5 Å². The van der Waals surface area contributed by atoms with Crippen LogP contribution in [0, 0.1) is 0 Å². The lowest BCUT2D eigenvalue weighted by atomic mass is 10.2. The number of nitrogens with zero attached hydrogens (tertiary/aromatic N) is 2. The largest absolute Gasteiger partial charge is 0.411 e. The van der Waals surface area contributed by atoms with Gasteiger partial charge in [0, 0.05) is 12.6 Å². The molecule has 1 aliphatic heterocycles. The zero-order valence-corrected chi connectivity index (χ0v) is 9.85. The third-order valence-electron chi connectivity index (χ3n) is 3.01. The zero-order chi connectivity index (χ0) is 11.8. The molecule has 1 saturated heterocycles. The van der Waals surface area contributed by atoms with Crippen molar-refractivity contribution in [1.82, 2.24) is 10.2 Å². The first kappa shape index (κ1) is 13.0. The van der Waals surface area contributed by atoms with E-state index in [4.69, 9.17) is 5.21 Å². The fourth-order valence-electron chi connectivity index (χ4n) is 2.01. The van der Waals surface area contributed by atoms with E-state index in [9.17, 15) is 4.79 Å². The van der Waals surface area contributed by atoms with Crippen molar-refractivity contribution in [3.63, 3.8) is 0 Å². The van der Waals surface area contributed by atoms with Gasteiger partial charge >= 0.3 is 0 Å². The molecule has 1 aliphatic rings. The normalized spacial score (nSPS) is 20.6. The van der Waals surface area contributed by atoms with E-state index in [0.717, 1.165) is 19.3 Å². The van der Waals surface area contributed by atoms with Gasteiger partial charge in [-0.3, -0.25) is 9.69 Å². The molecule has 1 amide bonds. The summed E-state index contributed by atoms with van der Waals surface area (Å²) < 4.78 is 0. The molecule has 0 aliphatic carbocycles. The number of oxime groups is 1. The van der Waals surface area contributed by atoms with E-state index in [1.54, 1.807) is 0 Å². The number of carbonyl (C=O) groups is 1. The second kappa shape index (κ2) is 7.22. The van der Waals surface area contributed by atoms with E-state index in [2.05, 4.69) is 22.3 Å². The van der Waals surface area contributed by atoms with Gasteiger partial charge in [0.2, 0.25) is 0 Å². The highest BCUT2D eigenvalue weighted by molar-refractivity contribution is 6.25. The Bertz CT molecular complexity index is 235. The summed E-state index contributed by atoms with van der Waals surface area (Å²) in [5.74, 6) is -0.343. The first-order chi connectivity index (χ1) is 7.74. The van der Waals surface area contributed by atoms with Crippen molar-refractivity contribution in [2.45, 2.75) is 38.6 Å². The highest BCUT2D eigenvalue weighted by Gasteiger charge is 2.15. The van der Waals surface area contributed by atoms with Crippen LogP contribution in [0.3, 0.4) is 0 Å². The Morgan fingerprint density at radius 3 is 2.62 bits per heavy atom. The maximum atomic E-state index is 11.1. The second-order valence-electron chi connectivity index (χ2n) is 4.29. The Hall–Kier alpha value is -1.10. The van der Waals surface area contributed by atoms with E-state index >= 15 is 0 Å². The van der Waals surface area contributed by atoms with Gasteiger partial charge in [0.05, 0.1) is 0 Å². The highest BCUT2D eigenvalue weighted by Crippen LogP contribution is 2.11. The smallest absolute Gasteiger partial charge is 0.265 e. The SMILES string of the molecule is C[C@@H](CNC(=O)/C=N\O)N1CCCCCC1. The van der Waals surface area contributed by atoms with Gasteiger partial charge in [0.25, 0.3) is 5.91 Å². The minimum absolute atomic E-state index is 0.342. The molecule has 0 aromatic rings. The van der Waals surface area contributed by atoms with Gasteiger partial charge < -0.3 is 10.5 Å². The Morgan fingerprint density at radius 1 is 1.44 bits per heavy atom. The van der Waals surface area contributed by atoms with E-state index < -0.39 is 0 Å². The van der Waals surface area contributed by atoms with E-state index in [0.29, 0.717) is 12.6 Å². The van der Waals surface area contributed by atoms with Crippen LogP contribution in [0.1, 0.15) is 32.6 Å². The Morgan fingerprint density at radius 2 is 2.06 bits per heavy atom. The van der Waals surface area contributed by atoms with Crippen LogP contribution >= 0.6 is 0 Å². The summed E-state index contributed by atoms with van der Waals surface area (Å²) in [6.07, 6.45) is 6.00. The predicted molar refractivity (Wildman–Crippen MR) is 62.8 cm³/mol. The molecule has 1 rings (SSSR count). The fraction of sp³-hybridized carbons (Fsp3) is 0.818. The third kappa shape index (κ3) is 4.61. The van der Waals surface area contributed by atoms with Gasteiger partial charge in [-0.1, -0.05) is 18.0 Å². The Kier molecular flexibility index (Phi) is 5.85. The van der Waals surface area contributed by atoms with Gasteiger partial charge in [-0.15, -0.1) is 0 Å². The van der Waals surface area contributed by atoms with Gasteiger partial charge in [0.15, 0.2) is 0 Å². The van der Waals surface area contributed by atoms with Crippen LogP contribution in [0.2, 0.25) is 0 Å². The van der Waals surface area contributed by atoms with Crippen LogP contribution in [0.15, 0.2) is 5.16 Å². The average Bonchev–Trinajstić information content (AvgIpc) is 2.55. The summed E-state index contributed by atoms with van der Waals surface area (Å²) in [5, 5.41) is 13.6. The monoisotopic (exact) mass is 227 g/mol. The molecule has 0 aromatic carbocycles. The summed E-state index contributed by atoms with van der Waals surface area (Å²) in [5.41, 5.74) is 0. The summed E-state index contributed by atoms with van der Waals surface area (Å²) in [4.78, 5) is 13.5. The minimum atomic E-state index is -0.343. The quantitative estimate of drug-likeness (QED) is 0.425. The summed E-state index contributed by atoms with van der Waals surface area (Å²) in [6.45, 7) is 4.95. The second-order valence-corrected chi connectivity index (χ2v) is 4.29. The number of nitrogens with one attached hydrogen (secondary N) is 1. The van der Waals surface area contributed by atoms with E-state index in [1.807, 2.05) is 0 Å². The minimum Gasteiger partial charge on any atom is -0.411 e. The maximum Gasteiger partial charge on any atom is 0.265 e. The van der Waals surface area contributed by atoms with Crippen LogP contribution in [0.5, 0.6) is 0 Å². The van der Waals surface area contributed by atoms with Crippen LogP contribution in [0.4, 0.5) is 0 Å². The molecule has 1 heterocycles. The van der Waals surface area contributed by atoms with Gasteiger partial charge in [-0.05, 0) is 32.9 Å². The van der Waals surface area contributed by atoms with Crippen molar-refractivity contribution in [2.75, 3.05) is 19.6 Å². The molecular formula is C11H21N3O2. The average molecular weight is 227 g/mol. The van der Waals surface area contributed by atoms with Crippen molar-refractivity contribution in [2.24, 2.45) is 5.16 Å². The molecule has 1 atom stereocenters. The molecule has 0 unspecified atom stereocenters. The van der Waals surface area contributed by atoms with Crippen LogP contribution in [-0.4, -0.2) is 47.9 Å². The van der Waals surface area contributed by atoms with Crippen molar-refractivity contribution in [3.05, 3.63) is 0 Å². The van der Waals surface area contributed by atoms with Gasteiger partial charge in [0.1, 0.15) is 6.21 Å². The van der Waals surface area contributed by atoms with Gasteiger partial charge in [-0.2, -0.15) is 0 Å². The number of rotatable bonds is 4. The van der Waals surface area contributed by atoms with Crippen LogP contribution in [-0.2, 0) is 4.79 Å². The number of likely N-dealkylation sites (tertiary alicyclic amines) is 1. The first-order valence-corrected chi connectivity index (χ1v) is 5.93. The highest BCUT2D eigenvalue weighted by atomic mass is 16.4. The molecule has 5 nitrogen and oxygen atoms in total. The molecular weight excluding hydrogens is 206 g/mol. The van der Waals surface area contributed by atoms with Crippen molar-refractivity contribution in [3.8, 4) is 0 Å². The van der Waals surface area contributed by atoms with Crippen molar-refractivity contribution < 1.29 is 10.0 Å². The Balaban J connectivity index is 2.27. The standard InChI is InChI=1S/C11H21N3O2/c1-10(8-12-11(15)9-13-16)14-6-4-2-3-5-7-14/h9-10,16H,2-8H2,1H3,(H,12,15)/b13-9-/t10-/m0/s1. The molecule has 0 bridgehead atoms. The van der Waals surface area contributed by atoms with Crippen molar-refractivity contribution in [1.29, 1.82) is 0 Å². The van der Waals surface area contributed by atoms with Crippen LogP contribution in [0.25, 0.3) is 0 Å². The number of amides is 1. The lowest BCUT2D eigenvalue weighted by molar-refractivity contribution is -0.114. The molecule has 92 valence electrons. The van der Waals surface area contributed by atoms with E-state index in [1.165, 1.54) is 25.7 Å². The van der Waals surface area contributed by atoms with Crippen molar-refractivity contribution >= 4 is 12.1 Å². The van der Waals surface area contributed by atoms with E-state index in [-0.39, 0.29) is 5.91 Å². The maximum absolute atomic E-state index is 11.1. The predicted octanol–water partition coefficient (Wildman–Crippen LogP) is 0.827. The molecule has 0 radical (unpaired) electrons. The molecule has 2 N–H and O–H groups in total. The number of carbonyl (C=O) groups excluding carboxylic acids is 1. The topological polar surface area (TPSA) is 64.9 Å². The fourth-order valence-corrected chi connectivity index (χ4v) is 2.01. The third-order valence-corrected chi connectivity index (χ3v) is 3.01. The molecule has 1 fully saturated rings. The molecule has 5 heteroatoms. The molecule has 0 saturated carbocycles. The number of hydrogen-bond acceptors (Lipinski definition) is 4. The molecule has 0 aromatic heterocycles. The lowest BCUT2D eigenvalue weighted by Crippen LogP contribution is -2.42. The number of hydrogen-bond donors (Lipinski definition) is 2. The summed E-state index contributed by atoms with van der Waals surface area (Å²) >= 11 is 0. The van der Waals surface area contributed by atoms with Crippen LogP contribution < -0.4 is 5.32 Å². The molecule has 16 heavy (non-hydrogen) atoms. The summed E-state index contributed by atoms with van der Waals surface area (Å²) in [7, 11) is 0. The lowest BCUT2D eigenvalue weighted by Gasteiger charge is -2.27. The first-order valence-electron chi connectivity index (χ1n) is 5.93.